The van der Waals surface area contributed by atoms with E-state index in [0.29, 0.717) is 29.7 Å². The van der Waals surface area contributed by atoms with Crippen LogP contribution in [-0.4, -0.2) is 68.8 Å². The molecule has 0 aliphatic heterocycles. The van der Waals surface area contributed by atoms with Gasteiger partial charge in [0.05, 0.1) is 4.90 Å². The summed E-state index contributed by atoms with van der Waals surface area (Å²) in [5.41, 5.74) is 1.36. The molecule has 0 bridgehead atoms. The van der Waals surface area contributed by atoms with Crippen LogP contribution in [0.1, 0.15) is 76.3 Å². The second-order valence-corrected chi connectivity index (χ2v) is 14.0. The largest absolute Gasteiger partial charge is 2.00 e. The van der Waals surface area contributed by atoms with Crippen molar-refractivity contribution in [3.8, 4) is 34.5 Å². The number of phenols is 1. The van der Waals surface area contributed by atoms with Gasteiger partial charge in [-0.3, -0.25) is 4.55 Å². The summed E-state index contributed by atoms with van der Waals surface area (Å²) in [5.74, 6) is 0.423. The number of phenolic OH excluding ortho intramolecular Hbond substituents is 1. The Bertz CT molecular complexity index is 1710. The fraction of sp³-hybridized carbons (Fsp3) is 0.333. The molecule has 49 heavy (non-hydrogen) atoms. The molecule has 0 amide bonds. The second-order valence-electron chi connectivity index (χ2n) is 11.2. The van der Waals surface area contributed by atoms with Gasteiger partial charge in [-0.25, -0.2) is 8.42 Å². The van der Waals surface area contributed by atoms with Crippen molar-refractivity contribution in [3.63, 3.8) is 0 Å². The molecule has 2 N–H and O–H groups in total. The molecule has 0 saturated carbocycles. The van der Waals surface area contributed by atoms with Crippen LogP contribution in [-0.2, 0) is 33.1 Å². The van der Waals surface area contributed by atoms with E-state index in [1.54, 1.807) is 36.4 Å². The molecule has 0 radical (unpaired) electrons. The van der Waals surface area contributed by atoms with Crippen molar-refractivity contribution in [1.29, 1.82) is 0 Å². The van der Waals surface area contributed by atoms with E-state index in [-0.39, 0.29) is 71.4 Å². The first-order valence-corrected chi connectivity index (χ1v) is 18.8. The van der Waals surface area contributed by atoms with Crippen molar-refractivity contribution >= 4 is 58.0 Å². The molecule has 4 aromatic rings. The molecule has 0 saturated heterocycles. The Labute approximate surface area is 319 Å². The van der Waals surface area contributed by atoms with Crippen LogP contribution >= 0.6 is 0 Å². The van der Waals surface area contributed by atoms with E-state index in [4.69, 9.17) is 9.47 Å². The Hall–Kier alpha value is -2.84. The smallest absolute Gasteiger partial charge is 0.872 e. The van der Waals surface area contributed by atoms with Gasteiger partial charge in [0.1, 0.15) is 38.0 Å². The number of para-hydroxylation sites is 2. The zero-order valence-electron chi connectivity index (χ0n) is 27.8. The number of rotatable bonds is 16. The molecule has 0 unspecified atom stereocenters. The second kappa shape index (κ2) is 20.7. The molecule has 4 rings (SSSR count). The average molecular weight is 739 g/mol. The molecule has 0 aliphatic rings. The predicted octanol–water partition coefficient (Wildman–Crippen LogP) is 7.75. The third-order valence-electron chi connectivity index (χ3n) is 7.33. The monoisotopic (exact) mass is 738 g/mol. The maximum atomic E-state index is 11.7. The first-order valence-electron chi connectivity index (χ1n) is 15.9. The standard InChI is InChI=1S/2C18H22O5S.Ca/c2*1-2-3-4-5-8-14-9-6-12-17(24(20,21)22)18(14)23-16-11-7-10-15(19)13-16;/h2*6-7,9-13,19H,2-5,8H2,1H3,(H,20,21,22);/q;;+2/p-2. The van der Waals surface area contributed by atoms with Gasteiger partial charge in [0, 0.05) is 6.07 Å². The third kappa shape index (κ3) is 14.1. The summed E-state index contributed by atoms with van der Waals surface area (Å²) in [4.78, 5) is -0.661. The van der Waals surface area contributed by atoms with Gasteiger partial charge in [-0.05, 0) is 73.2 Å². The Kier molecular flexibility index (Phi) is 17.9. The zero-order valence-corrected chi connectivity index (χ0v) is 31.7. The molecule has 10 nitrogen and oxygen atoms in total. The van der Waals surface area contributed by atoms with Crippen LogP contribution in [0.3, 0.4) is 0 Å². The van der Waals surface area contributed by atoms with Crippen LogP contribution in [0.2, 0.25) is 0 Å². The third-order valence-corrected chi connectivity index (χ3v) is 9.07. The van der Waals surface area contributed by atoms with Gasteiger partial charge in [0.15, 0.2) is 5.75 Å². The normalized spacial score (nSPS) is 11.2. The van der Waals surface area contributed by atoms with Crippen LogP contribution in [0, 0.1) is 0 Å². The van der Waals surface area contributed by atoms with Crippen LogP contribution in [0.5, 0.6) is 34.5 Å². The van der Waals surface area contributed by atoms with E-state index in [9.17, 15) is 36.2 Å². The number of aromatic hydroxyl groups is 1. The summed E-state index contributed by atoms with van der Waals surface area (Å²) in [5, 5.41) is 21.0. The molecular formula is C36H42CaO10S2. The SMILES string of the molecule is CCCCCCc1cccc(S(=O)(=O)O)c1Oc1cccc(O)c1.CCCCCCc1cccc(S(=O)(=O)[O-])c1Oc1cccc([O-])c1.[Ca+2]. The molecule has 0 aliphatic carbocycles. The summed E-state index contributed by atoms with van der Waals surface area (Å²) in [6.07, 6.45) is 9.49. The average Bonchev–Trinajstić information content (AvgIpc) is 3.02. The number of unbranched alkanes of at least 4 members (excludes halogenated alkanes) is 6. The zero-order chi connectivity index (χ0) is 35.2. The number of ether oxygens (including phenoxy) is 2. The van der Waals surface area contributed by atoms with Crippen LogP contribution in [0.4, 0.5) is 0 Å². The number of hydrogen-bond donors (Lipinski definition) is 2. The van der Waals surface area contributed by atoms with Crippen molar-refractivity contribution in [3.05, 3.63) is 96.1 Å². The van der Waals surface area contributed by atoms with Crippen molar-refractivity contribution in [2.75, 3.05) is 0 Å². The van der Waals surface area contributed by atoms with Crippen molar-refractivity contribution < 1.29 is 45.6 Å². The van der Waals surface area contributed by atoms with E-state index in [1.165, 1.54) is 48.5 Å². The molecule has 260 valence electrons. The Balaban J connectivity index is 0.000000333. The van der Waals surface area contributed by atoms with Crippen molar-refractivity contribution in [1.82, 2.24) is 0 Å². The van der Waals surface area contributed by atoms with E-state index in [2.05, 4.69) is 13.8 Å². The van der Waals surface area contributed by atoms with E-state index < -0.39 is 25.1 Å². The maximum absolute atomic E-state index is 11.7. The molecule has 0 aromatic heterocycles. The molecule has 4 aromatic carbocycles. The number of aryl methyl sites for hydroxylation is 2. The minimum Gasteiger partial charge on any atom is -0.872 e. The van der Waals surface area contributed by atoms with Crippen LogP contribution in [0.15, 0.2) is 94.7 Å². The Morgan fingerprint density at radius 3 is 1.57 bits per heavy atom. The Morgan fingerprint density at radius 2 is 1.10 bits per heavy atom. The van der Waals surface area contributed by atoms with Gasteiger partial charge in [0.2, 0.25) is 0 Å². The first kappa shape index (κ1) is 42.3. The van der Waals surface area contributed by atoms with Crippen LogP contribution < -0.4 is 14.6 Å². The van der Waals surface area contributed by atoms with E-state index in [1.807, 2.05) is 0 Å². The topological polar surface area (TPSA) is 173 Å². The fourth-order valence-electron chi connectivity index (χ4n) is 4.95. The van der Waals surface area contributed by atoms with Gasteiger partial charge in [-0.15, -0.1) is 5.75 Å². The summed E-state index contributed by atoms with van der Waals surface area (Å²) in [6.45, 7) is 4.23. The number of hydrogen-bond acceptors (Lipinski definition) is 9. The van der Waals surface area contributed by atoms with Gasteiger partial charge in [0.25, 0.3) is 10.1 Å². The van der Waals surface area contributed by atoms with Crippen molar-refractivity contribution in [2.24, 2.45) is 0 Å². The summed E-state index contributed by atoms with van der Waals surface area (Å²) in [7, 11) is -9.08. The quantitative estimate of drug-likeness (QED) is 0.0657. The van der Waals surface area contributed by atoms with Gasteiger partial charge < -0.3 is 24.2 Å². The Morgan fingerprint density at radius 1 is 0.633 bits per heavy atom. The fourth-order valence-corrected chi connectivity index (χ4v) is 6.26. The summed E-state index contributed by atoms with van der Waals surface area (Å²) in [6, 6.07) is 21.0. The predicted molar refractivity (Wildman–Crippen MR) is 186 cm³/mol. The molecule has 0 atom stereocenters. The van der Waals surface area contributed by atoms with Gasteiger partial charge in [-0.1, -0.05) is 94.8 Å². The minimum atomic E-state index is -4.67. The molecule has 13 heteroatoms. The summed E-state index contributed by atoms with van der Waals surface area (Å²) < 4.78 is 78.8. The maximum Gasteiger partial charge on any atom is 2.00 e. The summed E-state index contributed by atoms with van der Waals surface area (Å²) >= 11 is 0. The van der Waals surface area contributed by atoms with Gasteiger partial charge >= 0.3 is 37.7 Å². The first-order chi connectivity index (χ1) is 22.8. The number of benzene rings is 4. The minimum absolute atomic E-state index is 0. The van der Waals surface area contributed by atoms with Gasteiger partial charge in [-0.2, -0.15) is 8.42 Å². The van der Waals surface area contributed by atoms with Crippen molar-refractivity contribution in [2.45, 2.75) is 87.8 Å². The molecule has 0 fully saturated rings. The van der Waals surface area contributed by atoms with E-state index >= 15 is 0 Å². The molecule has 0 heterocycles. The van der Waals surface area contributed by atoms with Crippen LogP contribution in [0.25, 0.3) is 0 Å². The molecular weight excluding hydrogens is 697 g/mol. The molecule has 0 spiro atoms. The van der Waals surface area contributed by atoms with E-state index in [0.717, 1.165) is 51.4 Å².